The molecular weight excluding hydrogens is 650 g/mol. The highest BCUT2D eigenvalue weighted by Crippen LogP contribution is 2.33. The standard InChI is InChI=1S/C37H39N9O5/c1-22(2)51-37(49)46-17-9-12-30(46)34-41-21-29(43-34)27-18-38-33(39-19-27)26-15-13-24(14-16-26)28-20-40-32(42-28)23(3)45(4)35(47)31(44-36(48)50-5)25-10-7-6-8-11-25/h6-8,10-11,13-16,18-21,23,30-31H,1,9,12,17H2,2-5H3,(H,40,42)(H,41,43)(H,44,48)/t23-,30-,31+/m0/s1. The van der Waals surface area contributed by atoms with Crippen molar-refractivity contribution >= 4 is 18.1 Å². The molecule has 3 amide bonds. The molecule has 51 heavy (non-hydrogen) atoms. The highest BCUT2D eigenvalue weighted by Gasteiger charge is 2.33. The minimum atomic E-state index is -0.927. The molecule has 0 saturated carbocycles. The van der Waals surface area contributed by atoms with Crippen molar-refractivity contribution < 1.29 is 23.9 Å². The Bertz CT molecular complexity index is 2010. The average Bonchev–Trinajstić information content (AvgIpc) is 3.95. The number of rotatable bonds is 10. The first-order valence-corrected chi connectivity index (χ1v) is 16.5. The maximum Gasteiger partial charge on any atom is 0.415 e. The first-order valence-electron chi connectivity index (χ1n) is 16.5. The zero-order chi connectivity index (χ0) is 36.1. The molecule has 0 bridgehead atoms. The second-order valence-electron chi connectivity index (χ2n) is 12.3. The van der Waals surface area contributed by atoms with E-state index in [2.05, 4.69) is 41.8 Å². The van der Waals surface area contributed by atoms with E-state index in [4.69, 9.17) is 9.47 Å². The number of ether oxygens (including phenoxy) is 2. The number of aromatic nitrogens is 6. The molecule has 0 aliphatic carbocycles. The molecular formula is C37H39N9O5. The van der Waals surface area contributed by atoms with E-state index in [0.29, 0.717) is 35.3 Å². The molecule has 0 radical (unpaired) electrons. The van der Waals surface area contributed by atoms with E-state index in [9.17, 15) is 14.4 Å². The van der Waals surface area contributed by atoms with Crippen LogP contribution in [0.5, 0.6) is 0 Å². The summed E-state index contributed by atoms with van der Waals surface area (Å²) in [6.45, 7) is 7.76. The van der Waals surface area contributed by atoms with Crippen LogP contribution in [-0.2, 0) is 14.3 Å². The normalized spacial score (nSPS) is 15.1. The van der Waals surface area contributed by atoms with Crippen LogP contribution in [0.25, 0.3) is 33.9 Å². The number of nitrogens with one attached hydrogen (secondary N) is 3. The number of amides is 3. The second kappa shape index (κ2) is 15.1. The molecule has 1 saturated heterocycles. The van der Waals surface area contributed by atoms with Gasteiger partial charge in [-0.05, 0) is 37.8 Å². The smallest absolute Gasteiger partial charge is 0.415 e. The van der Waals surface area contributed by atoms with Crippen molar-refractivity contribution in [3.05, 3.63) is 109 Å². The van der Waals surface area contributed by atoms with Crippen LogP contribution >= 0.6 is 0 Å². The number of alkyl carbamates (subject to hydrolysis) is 1. The van der Waals surface area contributed by atoms with Crippen molar-refractivity contribution in [3.63, 3.8) is 0 Å². The molecule has 3 aromatic heterocycles. The van der Waals surface area contributed by atoms with E-state index in [1.807, 2.05) is 37.3 Å². The molecule has 0 spiro atoms. The Morgan fingerprint density at radius 1 is 0.922 bits per heavy atom. The van der Waals surface area contributed by atoms with E-state index in [0.717, 1.165) is 40.9 Å². The van der Waals surface area contributed by atoms with Gasteiger partial charge < -0.3 is 29.7 Å². The third-order valence-electron chi connectivity index (χ3n) is 8.82. The van der Waals surface area contributed by atoms with Gasteiger partial charge in [-0.3, -0.25) is 9.69 Å². The van der Waals surface area contributed by atoms with Gasteiger partial charge in [0.2, 0.25) is 5.91 Å². The van der Waals surface area contributed by atoms with Crippen molar-refractivity contribution in [1.82, 2.24) is 45.0 Å². The first-order chi connectivity index (χ1) is 24.6. The Morgan fingerprint density at radius 3 is 2.27 bits per heavy atom. The van der Waals surface area contributed by atoms with Gasteiger partial charge in [-0.1, -0.05) is 61.2 Å². The number of likely N-dealkylation sites (tertiary alicyclic amines) is 1. The van der Waals surface area contributed by atoms with Crippen LogP contribution in [-0.4, -0.2) is 78.5 Å². The van der Waals surface area contributed by atoms with Crippen LogP contribution < -0.4 is 5.32 Å². The molecule has 5 aromatic rings. The van der Waals surface area contributed by atoms with Gasteiger partial charge >= 0.3 is 12.2 Å². The van der Waals surface area contributed by atoms with Gasteiger partial charge in [0.1, 0.15) is 17.7 Å². The van der Waals surface area contributed by atoms with Crippen molar-refractivity contribution in [1.29, 1.82) is 0 Å². The van der Waals surface area contributed by atoms with Crippen LogP contribution in [0.1, 0.15) is 62.0 Å². The molecule has 0 unspecified atom stereocenters. The predicted molar refractivity (Wildman–Crippen MR) is 189 cm³/mol. The van der Waals surface area contributed by atoms with Crippen molar-refractivity contribution in [2.75, 3.05) is 20.7 Å². The minimum Gasteiger partial charge on any atom is -0.453 e. The van der Waals surface area contributed by atoms with Crippen molar-refractivity contribution in [2.45, 2.75) is 44.8 Å². The topological polar surface area (TPSA) is 171 Å². The summed E-state index contributed by atoms with van der Waals surface area (Å²) >= 11 is 0. The average molecular weight is 690 g/mol. The SMILES string of the molecule is C=C(C)OC(=O)N1CCC[C@H]1c1ncc(-c2cnc(-c3ccc(-c4cnc([C@H](C)N(C)C(=O)[C@H](NC(=O)OC)c5ccccc5)[nH]4)cc3)nc2)[nH]1. The van der Waals surface area contributed by atoms with Gasteiger partial charge in [0.15, 0.2) is 5.82 Å². The number of H-pyrrole nitrogens is 2. The highest BCUT2D eigenvalue weighted by molar-refractivity contribution is 5.87. The van der Waals surface area contributed by atoms with Crippen molar-refractivity contribution in [2.24, 2.45) is 0 Å². The molecule has 6 rings (SSSR count). The lowest BCUT2D eigenvalue weighted by Gasteiger charge is -2.28. The summed E-state index contributed by atoms with van der Waals surface area (Å²) in [6, 6.07) is 15.2. The number of carbonyl (C=O) groups is 3. The fraction of sp³-hybridized carbons (Fsp3) is 0.270. The van der Waals surface area contributed by atoms with E-state index in [1.165, 1.54) is 12.0 Å². The number of nitrogens with zero attached hydrogens (tertiary/aromatic N) is 6. The Labute approximate surface area is 295 Å². The van der Waals surface area contributed by atoms with Gasteiger partial charge in [-0.2, -0.15) is 0 Å². The number of allylic oxidation sites excluding steroid dienone is 1. The van der Waals surface area contributed by atoms with Crippen LogP contribution in [0, 0.1) is 0 Å². The number of hydrogen-bond donors (Lipinski definition) is 3. The number of benzene rings is 2. The largest absolute Gasteiger partial charge is 0.453 e. The number of hydrogen-bond acceptors (Lipinski definition) is 9. The van der Waals surface area contributed by atoms with Gasteiger partial charge in [0.25, 0.3) is 0 Å². The van der Waals surface area contributed by atoms with Crippen molar-refractivity contribution in [3.8, 4) is 33.9 Å². The summed E-state index contributed by atoms with van der Waals surface area (Å²) in [5, 5.41) is 2.64. The molecule has 1 fully saturated rings. The van der Waals surface area contributed by atoms with Gasteiger partial charge in [-0.25, -0.2) is 29.5 Å². The molecule has 3 atom stereocenters. The molecule has 1 aliphatic heterocycles. The Morgan fingerprint density at radius 2 is 1.59 bits per heavy atom. The maximum atomic E-state index is 13.6. The summed E-state index contributed by atoms with van der Waals surface area (Å²) < 4.78 is 9.98. The van der Waals surface area contributed by atoms with Gasteiger partial charge in [0.05, 0.1) is 48.7 Å². The summed E-state index contributed by atoms with van der Waals surface area (Å²) in [6.07, 6.45) is 7.42. The fourth-order valence-electron chi connectivity index (χ4n) is 5.93. The Kier molecular flexibility index (Phi) is 10.2. The van der Waals surface area contributed by atoms with Crippen LogP contribution in [0.4, 0.5) is 9.59 Å². The minimum absolute atomic E-state index is 0.204. The number of aromatic amines is 2. The lowest BCUT2D eigenvalue weighted by Crippen LogP contribution is -2.42. The first kappa shape index (κ1) is 34.5. The van der Waals surface area contributed by atoms with E-state index >= 15 is 0 Å². The van der Waals surface area contributed by atoms with Crippen LogP contribution in [0.3, 0.4) is 0 Å². The third kappa shape index (κ3) is 7.64. The second-order valence-corrected chi connectivity index (χ2v) is 12.3. The molecule has 14 nitrogen and oxygen atoms in total. The predicted octanol–water partition coefficient (Wildman–Crippen LogP) is 6.35. The number of likely N-dealkylation sites (N-methyl/N-ethyl adjacent to an activating group) is 1. The van der Waals surface area contributed by atoms with Crippen LogP contribution in [0.15, 0.2) is 91.7 Å². The number of imidazole rings is 2. The molecule has 4 heterocycles. The lowest BCUT2D eigenvalue weighted by molar-refractivity contribution is -0.134. The zero-order valence-electron chi connectivity index (χ0n) is 28.8. The monoisotopic (exact) mass is 689 g/mol. The van der Waals surface area contributed by atoms with Gasteiger partial charge in [0, 0.05) is 37.1 Å². The zero-order valence-corrected chi connectivity index (χ0v) is 28.8. The Balaban J connectivity index is 1.11. The van der Waals surface area contributed by atoms with Crippen LogP contribution in [0.2, 0.25) is 0 Å². The van der Waals surface area contributed by atoms with Gasteiger partial charge in [-0.15, -0.1) is 0 Å². The molecule has 262 valence electrons. The summed E-state index contributed by atoms with van der Waals surface area (Å²) in [5.41, 5.74) is 4.65. The quantitative estimate of drug-likeness (QED) is 0.141. The third-order valence-corrected chi connectivity index (χ3v) is 8.82. The number of carbonyl (C=O) groups excluding carboxylic acids is 3. The van der Waals surface area contributed by atoms with E-state index in [-0.39, 0.29) is 11.9 Å². The Hall–Kier alpha value is -6.31. The highest BCUT2D eigenvalue weighted by atomic mass is 16.6. The maximum absolute atomic E-state index is 13.6. The summed E-state index contributed by atoms with van der Waals surface area (Å²) in [5.74, 6) is 1.86. The summed E-state index contributed by atoms with van der Waals surface area (Å²) in [4.78, 5) is 66.2. The van der Waals surface area contributed by atoms with E-state index < -0.39 is 24.3 Å². The lowest BCUT2D eigenvalue weighted by atomic mass is 10.1. The molecule has 2 aromatic carbocycles. The fourth-order valence-corrected chi connectivity index (χ4v) is 5.93. The molecule has 14 heteroatoms. The molecule has 1 aliphatic rings. The molecule has 3 N–H and O–H groups in total. The number of methoxy groups -OCH3 is 1. The van der Waals surface area contributed by atoms with E-state index in [1.54, 1.807) is 67.9 Å². The summed E-state index contributed by atoms with van der Waals surface area (Å²) in [7, 11) is 2.92.